The quantitative estimate of drug-likeness (QED) is 0.603. The molecule has 0 aliphatic rings. The van der Waals surface area contributed by atoms with Crippen LogP contribution in [0, 0.1) is 13.8 Å². The molecule has 4 nitrogen and oxygen atoms in total. The van der Waals surface area contributed by atoms with E-state index in [1.807, 2.05) is 6.07 Å². The Morgan fingerprint density at radius 1 is 0.923 bits per heavy atom. The Balaban J connectivity index is 2.21. The van der Waals surface area contributed by atoms with Crippen molar-refractivity contribution in [2.75, 3.05) is 20.8 Å². The second-order valence-corrected chi connectivity index (χ2v) is 6.83. The molecule has 0 amide bonds. The van der Waals surface area contributed by atoms with E-state index in [0.29, 0.717) is 0 Å². The van der Waals surface area contributed by atoms with E-state index in [4.69, 9.17) is 15.2 Å². The third-order valence-corrected chi connectivity index (χ3v) is 4.88. The minimum absolute atomic E-state index is 0.725. The lowest BCUT2D eigenvalue weighted by molar-refractivity contribution is 0.394. The Hall–Kier alpha value is -2.46. The minimum Gasteiger partial charge on any atom is -0.497 e. The van der Waals surface area contributed by atoms with Gasteiger partial charge in [0.25, 0.3) is 0 Å². The number of nitrogens with one attached hydrogen (secondary N) is 1. The zero-order valence-electron chi connectivity index (χ0n) is 16.1. The number of benzene rings is 2. The molecule has 0 atom stereocenters. The van der Waals surface area contributed by atoms with Crippen LogP contribution in [0.15, 0.2) is 30.3 Å². The predicted molar refractivity (Wildman–Crippen MR) is 108 cm³/mol. The molecule has 3 rings (SSSR count). The number of aromatic nitrogens is 1. The maximum Gasteiger partial charge on any atom is 0.123 e. The van der Waals surface area contributed by atoms with E-state index in [1.165, 1.54) is 27.6 Å². The van der Waals surface area contributed by atoms with Gasteiger partial charge in [-0.05, 0) is 69.0 Å². The molecule has 0 fully saturated rings. The Morgan fingerprint density at radius 3 is 2.23 bits per heavy atom. The summed E-state index contributed by atoms with van der Waals surface area (Å²) in [4.78, 5) is 3.66. The van der Waals surface area contributed by atoms with Gasteiger partial charge in [-0.25, -0.2) is 0 Å². The third-order valence-electron chi connectivity index (χ3n) is 4.88. The highest BCUT2D eigenvalue weighted by molar-refractivity contribution is 5.93. The maximum atomic E-state index is 5.71. The molecular formula is C22H28N2O2. The predicted octanol–water partition coefficient (Wildman–Crippen LogP) is 4.75. The molecule has 4 heteroatoms. The van der Waals surface area contributed by atoms with Crippen molar-refractivity contribution in [1.82, 2.24) is 4.98 Å². The highest BCUT2D eigenvalue weighted by Crippen LogP contribution is 2.37. The smallest absolute Gasteiger partial charge is 0.123 e. The lowest BCUT2D eigenvalue weighted by atomic mass is 9.98. The van der Waals surface area contributed by atoms with E-state index in [0.717, 1.165) is 48.6 Å². The first-order valence-corrected chi connectivity index (χ1v) is 9.12. The molecule has 0 aliphatic heterocycles. The summed E-state index contributed by atoms with van der Waals surface area (Å²) in [5.41, 5.74) is 13.0. The first kappa shape index (κ1) is 18.3. The number of aryl methyl sites for hydroxylation is 3. The lowest BCUT2D eigenvalue weighted by Gasteiger charge is -2.10. The standard InChI is InChI=1S/C22H28N2O2/c1-14-9-15(2)21-20(10-14)19(7-5-6-8-23)22(24-21)16-11-17(25-3)13-18(12-16)26-4/h9-13,24H,5-8,23H2,1-4H3. The Kier molecular flexibility index (Phi) is 5.52. The third kappa shape index (κ3) is 3.56. The van der Waals surface area contributed by atoms with Crippen LogP contribution >= 0.6 is 0 Å². The van der Waals surface area contributed by atoms with Crippen molar-refractivity contribution in [2.45, 2.75) is 33.1 Å². The number of rotatable bonds is 7. The molecule has 0 aliphatic carbocycles. The van der Waals surface area contributed by atoms with Crippen molar-refractivity contribution >= 4 is 10.9 Å². The maximum absolute atomic E-state index is 5.71. The fourth-order valence-electron chi connectivity index (χ4n) is 3.61. The monoisotopic (exact) mass is 352 g/mol. The van der Waals surface area contributed by atoms with Crippen LogP contribution in [0.5, 0.6) is 11.5 Å². The summed E-state index contributed by atoms with van der Waals surface area (Å²) in [6.07, 6.45) is 3.10. The van der Waals surface area contributed by atoms with E-state index in [-0.39, 0.29) is 0 Å². The number of ether oxygens (including phenoxy) is 2. The molecule has 138 valence electrons. The van der Waals surface area contributed by atoms with Crippen molar-refractivity contribution in [3.05, 3.63) is 47.0 Å². The number of aromatic amines is 1. The van der Waals surface area contributed by atoms with Crippen LogP contribution in [-0.4, -0.2) is 25.7 Å². The fraction of sp³-hybridized carbons (Fsp3) is 0.364. The summed E-state index contributed by atoms with van der Waals surface area (Å²) in [6, 6.07) is 10.5. The van der Waals surface area contributed by atoms with Gasteiger partial charge < -0.3 is 20.2 Å². The Morgan fingerprint density at radius 2 is 1.62 bits per heavy atom. The zero-order valence-corrected chi connectivity index (χ0v) is 16.1. The van der Waals surface area contributed by atoms with E-state index in [1.54, 1.807) is 14.2 Å². The molecule has 2 aromatic carbocycles. The van der Waals surface area contributed by atoms with Gasteiger partial charge in [-0.3, -0.25) is 0 Å². The molecule has 3 aromatic rings. The van der Waals surface area contributed by atoms with Gasteiger partial charge in [0.05, 0.1) is 14.2 Å². The van der Waals surface area contributed by atoms with Crippen LogP contribution in [0.3, 0.4) is 0 Å². The van der Waals surface area contributed by atoms with Gasteiger partial charge in [-0.2, -0.15) is 0 Å². The van der Waals surface area contributed by atoms with Gasteiger partial charge >= 0.3 is 0 Å². The van der Waals surface area contributed by atoms with E-state index < -0.39 is 0 Å². The first-order chi connectivity index (χ1) is 12.6. The normalized spacial score (nSPS) is 11.1. The average Bonchev–Trinajstić information content (AvgIpc) is 3.00. The van der Waals surface area contributed by atoms with Crippen LogP contribution in [0.1, 0.15) is 29.5 Å². The molecule has 0 unspecified atom stereocenters. The summed E-state index contributed by atoms with van der Waals surface area (Å²) in [6.45, 7) is 5.03. The lowest BCUT2D eigenvalue weighted by Crippen LogP contribution is -1.99. The second-order valence-electron chi connectivity index (χ2n) is 6.83. The molecular weight excluding hydrogens is 324 g/mol. The minimum atomic E-state index is 0.725. The number of hydrogen-bond acceptors (Lipinski definition) is 3. The number of hydrogen-bond donors (Lipinski definition) is 2. The second kappa shape index (κ2) is 7.83. The van der Waals surface area contributed by atoms with Crippen molar-refractivity contribution in [2.24, 2.45) is 5.73 Å². The molecule has 0 spiro atoms. The number of methoxy groups -OCH3 is 2. The number of fused-ring (bicyclic) bond motifs is 1. The van der Waals surface area contributed by atoms with Gasteiger partial charge in [0.15, 0.2) is 0 Å². The fourth-order valence-corrected chi connectivity index (χ4v) is 3.61. The van der Waals surface area contributed by atoms with Crippen LogP contribution < -0.4 is 15.2 Å². The SMILES string of the molecule is COc1cc(OC)cc(-c2[nH]c3c(C)cc(C)cc3c2CCCCN)c1. The average molecular weight is 352 g/mol. The summed E-state index contributed by atoms with van der Waals surface area (Å²) in [7, 11) is 3.36. The van der Waals surface area contributed by atoms with Crippen molar-refractivity contribution in [1.29, 1.82) is 0 Å². The molecule has 0 saturated heterocycles. The number of H-pyrrole nitrogens is 1. The van der Waals surface area contributed by atoms with Gasteiger partial charge in [0.1, 0.15) is 11.5 Å². The van der Waals surface area contributed by atoms with E-state index >= 15 is 0 Å². The van der Waals surface area contributed by atoms with Crippen LogP contribution in [0.25, 0.3) is 22.2 Å². The summed E-state index contributed by atoms with van der Waals surface area (Å²) in [5.74, 6) is 1.58. The summed E-state index contributed by atoms with van der Waals surface area (Å²) < 4.78 is 10.9. The Bertz CT molecular complexity index is 890. The van der Waals surface area contributed by atoms with Gasteiger partial charge in [0.2, 0.25) is 0 Å². The molecule has 1 aromatic heterocycles. The highest BCUT2D eigenvalue weighted by atomic mass is 16.5. The summed E-state index contributed by atoms with van der Waals surface area (Å²) >= 11 is 0. The van der Waals surface area contributed by atoms with Gasteiger partial charge in [-0.15, -0.1) is 0 Å². The van der Waals surface area contributed by atoms with Crippen LogP contribution in [0.4, 0.5) is 0 Å². The summed E-state index contributed by atoms with van der Waals surface area (Å²) in [5, 5.41) is 1.30. The molecule has 1 heterocycles. The number of unbranched alkanes of at least 4 members (excludes halogenated alkanes) is 1. The highest BCUT2D eigenvalue weighted by Gasteiger charge is 2.16. The molecule has 3 N–H and O–H groups in total. The topological polar surface area (TPSA) is 60.3 Å². The number of nitrogens with two attached hydrogens (primary N) is 1. The first-order valence-electron chi connectivity index (χ1n) is 9.12. The van der Waals surface area contributed by atoms with Crippen molar-refractivity contribution in [3.8, 4) is 22.8 Å². The molecule has 0 saturated carbocycles. The van der Waals surface area contributed by atoms with E-state index in [2.05, 4.69) is 43.1 Å². The van der Waals surface area contributed by atoms with Gasteiger partial charge in [-0.1, -0.05) is 11.6 Å². The molecule has 26 heavy (non-hydrogen) atoms. The molecule has 0 bridgehead atoms. The van der Waals surface area contributed by atoms with Gasteiger partial charge in [0, 0.05) is 28.2 Å². The van der Waals surface area contributed by atoms with Crippen LogP contribution in [0.2, 0.25) is 0 Å². The largest absolute Gasteiger partial charge is 0.497 e. The van der Waals surface area contributed by atoms with Crippen molar-refractivity contribution in [3.63, 3.8) is 0 Å². The van der Waals surface area contributed by atoms with E-state index in [9.17, 15) is 0 Å². The van der Waals surface area contributed by atoms with Crippen molar-refractivity contribution < 1.29 is 9.47 Å². The molecule has 0 radical (unpaired) electrons. The zero-order chi connectivity index (χ0) is 18.7. The Labute approximate surface area is 155 Å². The van der Waals surface area contributed by atoms with Crippen LogP contribution in [-0.2, 0) is 6.42 Å².